The number of amides is 5. The number of hydrogen-bond acceptors (Lipinski definition) is 21. The van der Waals surface area contributed by atoms with E-state index in [0.29, 0.717) is 157 Å². The maximum atomic E-state index is 13.1. The third kappa shape index (κ3) is 25.0. The second kappa shape index (κ2) is 48.1. The minimum absolute atomic E-state index is 0.336. The lowest BCUT2D eigenvalue weighted by Gasteiger charge is -2.09. The van der Waals surface area contributed by atoms with E-state index in [4.69, 9.17) is 95.4 Å². The van der Waals surface area contributed by atoms with Crippen LogP contribution in [0.4, 0.5) is 28.4 Å². The number of methoxy groups -OCH3 is 3. The van der Waals surface area contributed by atoms with Crippen LogP contribution in [0.5, 0.6) is 17.6 Å². The number of thiophene rings is 5. The van der Waals surface area contributed by atoms with Crippen LogP contribution in [0.1, 0.15) is 114 Å². The number of carbonyl (C=O) groups is 10. The van der Waals surface area contributed by atoms with Crippen molar-refractivity contribution in [2.75, 3.05) is 47.9 Å². The smallest absolute Gasteiger partial charge is 0.296 e. The van der Waals surface area contributed by atoms with E-state index in [2.05, 4.69) is 50.7 Å². The first-order valence-electron chi connectivity index (χ1n) is 45.6. The molecule has 0 saturated heterocycles. The second-order valence-electron chi connectivity index (χ2n) is 33.7. The highest BCUT2D eigenvalue weighted by molar-refractivity contribution is 7.23. The highest BCUT2D eigenvalue weighted by Crippen LogP contribution is 2.42. The summed E-state index contributed by atoms with van der Waals surface area (Å²) in [7, 11) is 4.45. The molecule has 0 aliphatic rings. The van der Waals surface area contributed by atoms with Crippen molar-refractivity contribution in [3.05, 3.63) is 401 Å². The lowest BCUT2D eigenvalue weighted by atomic mass is 10.1. The summed E-state index contributed by atoms with van der Waals surface area (Å²) in [5.74, 6) is -5.32. The fourth-order valence-corrected chi connectivity index (χ4v) is 22.9. The van der Waals surface area contributed by atoms with Gasteiger partial charge in [-0.3, -0.25) is 47.9 Å². The number of benzene rings is 7. The largest absolute Gasteiger partial charge is 0.481 e. The lowest BCUT2D eigenvalue weighted by molar-refractivity contribution is -0.113. The number of hydrogen-bond donors (Lipinski definition) is 5. The molecule has 13 aromatic heterocycles. The van der Waals surface area contributed by atoms with Gasteiger partial charge in [0.15, 0.2) is 0 Å². The quantitative estimate of drug-likeness (QED) is 0.0225. The van der Waals surface area contributed by atoms with Gasteiger partial charge in [0.05, 0.1) is 78.3 Å². The maximum absolute atomic E-state index is 13.1. The molecule has 0 spiro atoms. The number of aryl methyl sites for hydroxylation is 1. The minimum atomic E-state index is -0.746. The van der Waals surface area contributed by atoms with Gasteiger partial charge in [0.2, 0.25) is 17.6 Å². The fraction of sp³-hybridized carbons (Fsp3) is 0.126. The highest BCUT2D eigenvalue weighted by atomic mass is 35.5. The number of ether oxygens (including phenoxy) is 3. The molecule has 0 saturated carbocycles. The Morgan fingerprint density at radius 1 is 0.282 bits per heavy atom. The molecule has 20 aromatic rings. The molecule has 0 unspecified atom stereocenters. The van der Waals surface area contributed by atoms with E-state index < -0.39 is 58.5 Å². The predicted octanol–water partition coefficient (Wildman–Crippen LogP) is 27.5. The van der Waals surface area contributed by atoms with Crippen molar-refractivity contribution >= 4 is 276 Å². The molecule has 0 aliphatic carbocycles. The Morgan fingerprint density at radius 2 is 0.564 bits per heavy atom. The molecule has 0 fully saturated rings. The molecule has 26 nitrogen and oxygen atoms in total. The van der Waals surface area contributed by atoms with Crippen LogP contribution in [0.25, 0.3) is 51.1 Å². The number of para-hydroxylation sites is 1. The zero-order chi connectivity index (χ0) is 106. The molecule has 0 aliphatic heterocycles. The summed E-state index contributed by atoms with van der Waals surface area (Å²) < 4.78 is 28.1. The molecular weight excluding hydrogens is 2130 g/mol. The molecule has 0 atom stereocenters. The van der Waals surface area contributed by atoms with Crippen molar-refractivity contribution in [3.63, 3.8) is 0 Å². The number of ketones is 5. The van der Waals surface area contributed by atoms with E-state index in [1.165, 1.54) is 96.6 Å². The van der Waals surface area contributed by atoms with Crippen LogP contribution >= 0.6 is 138 Å². The summed E-state index contributed by atoms with van der Waals surface area (Å²) in [6.45, 7) is 14.0. The van der Waals surface area contributed by atoms with Crippen molar-refractivity contribution in [2.24, 2.45) is 0 Å². The van der Waals surface area contributed by atoms with E-state index in [0.717, 1.165) is 96.5 Å². The van der Waals surface area contributed by atoms with Gasteiger partial charge in [-0.05, 0) is 225 Å². The number of carbonyl (C=O) groups excluding carboxylic acids is 10. The SMILES string of the molecule is COc1cc(NC(=O)C(=O)c2c(C)n(Cc3ccc(Cl)cc3)c3ccsc23)ccn1.COc1cc(NC(=O)C(=O)c2c(C)n(Cc3ccc(Cl)cc3)c3sc(Cl)cc23)ccn1.COc1cc(NC(=O)C(=O)c2c(C)n(Cc3ccc(Cl)cc3)c3sccc23)ccn1.Cc1c(C(=O)C(=O)Nc2ccccc2)c2cc(Cl)sc2n1Cc1ccc(Cl)cc1.Cc1cccc(NC(=O)C(=O)c2c(C)n(Cc3ccc(Cl)cc3)c3ccsc23)c1. The zero-order valence-electron chi connectivity index (χ0n) is 80.7. The third-order valence-electron chi connectivity index (χ3n) is 24.1. The normalized spacial score (nSPS) is 11.0. The Bertz CT molecular complexity index is 8300. The maximum Gasteiger partial charge on any atom is 0.296 e. The van der Waals surface area contributed by atoms with Crippen LogP contribution in [0, 0.1) is 41.5 Å². The van der Waals surface area contributed by atoms with Crippen molar-refractivity contribution < 1.29 is 62.2 Å². The van der Waals surface area contributed by atoms with Gasteiger partial charge < -0.3 is 63.6 Å². The molecule has 7 aromatic carbocycles. The number of halogens is 7. The summed E-state index contributed by atoms with van der Waals surface area (Å²) in [4.78, 5) is 143. The molecule has 20 rings (SSSR count). The lowest BCUT2D eigenvalue weighted by Crippen LogP contribution is -2.23. The van der Waals surface area contributed by atoms with Gasteiger partial charge in [-0.2, -0.15) is 0 Å². The Morgan fingerprint density at radius 3 is 0.893 bits per heavy atom. The summed E-state index contributed by atoms with van der Waals surface area (Å²) in [5, 5.41) is 24.5. The highest BCUT2D eigenvalue weighted by Gasteiger charge is 2.34. The van der Waals surface area contributed by atoms with Gasteiger partial charge in [0.25, 0.3) is 58.5 Å². The van der Waals surface area contributed by atoms with Crippen LogP contribution in [0.15, 0.2) is 277 Å². The number of aromatic nitrogens is 8. The molecule has 13 heterocycles. The van der Waals surface area contributed by atoms with Gasteiger partial charge >= 0.3 is 0 Å². The molecule has 0 radical (unpaired) electrons. The molecule has 754 valence electrons. The topological polar surface area (TPSA) is 322 Å². The van der Waals surface area contributed by atoms with Crippen molar-refractivity contribution in [1.82, 2.24) is 37.8 Å². The Kier molecular flexibility index (Phi) is 34.6. The van der Waals surface area contributed by atoms with Crippen LogP contribution in [0.2, 0.25) is 33.8 Å². The second-order valence-corrected chi connectivity index (χ2v) is 42.0. The number of fused-ring (bicyclic) bond motifs is 5. The van der Waals surface area contributed by atoms with E-state index >= 15 is 0 Å². The fourth-order valence-electron chi connectivity index (χ4n) is 16.8. The van der Waals surface area contributed by atoms with E-state index in [1.54, 1.807) is 78.9 Å². The monoisotopic (exact) mass is 2220 g/mol. The Labute approximate surface area is 908 Å². The summed E-state index contributed by atoms with van der Waals surface area (Å²) in [6.07, 6.45) is 4.50. The third-order valence-corrected chi connectivity index (χ3v) is 30.7. The summed E-state index contributed by atoms with van der Waals surface area (Å²) in [6, 6.07) is 72.8. The predicted molar refractivity (Wildman–Crippen MR) is 600 cm³/mol. The average molecular weight is 2220 g/mol. The van der Waals surface area contributed by atoms with E-state index in [-0.39, 0.29) is 0 Å². The van der Waals surface area contributed by atoms with Gasteiger partial charge in [-0.25, -0.2) is 15.0 Å². The number of pyridine rings is 3. The van der Waals surface area contributed by atoms with Crippen molar-refractivity contribution in [1.29, 1.82) is 0 Å². The van der Waals surface area contributed by atoms with Gasteiger partial charge in [0.1, 0.15) is 14.5 Å². The first-order valence-corrected chi connectivity index (χ1v) is 52.5. The molecule has 38 heteroatoms. The van der Waals surface area contributed by atoms with Crippen molar-refractivity contribution in [3.8, 4) is 17.6 Å². The van der Waals surface area contributed by atoms with Crippen LogP contribution in [-0.4, -0.2) is 118 Å². The summed E-state index contributed by atoms with van der Waals surface area (Å²) in [5.41, 5.74) is 16.4. The Balaban J connectivity index is 0.000000133. The van der Waals surface area contributed by atoms with E-state index in [1.807, 2.05) is 235 Å². The number of rotatable bonds is 28. The van der Waals surface area contributed by atoms with Gasteiger partial charge in [-0.15, -0.1) is 56.7 Å². The van der Waals surface area contributed by atoms with Crippen LogP contribution in [-0.2, 0) is 56.7 Å². The number of Topliss-reactive ketones (excluding diaryl/α,β-unsaturated/α-hetero) is 5. The van der Waals surface area contributed by atoms with E-state index in [9.17, 15) is 47.9 Å². The molecular formula is C111H88Cl7N13O13S5. The molecule has 5 N–H and O–H groups in total. The van der Waals surface area contributed by atoms with Crippen LogP contribution < -0.4 is 40.8 Å². The molecule has 0 bridgehead atoms. The number of nitrogens with one attached hydrogen (secondary N) is 5. The first-order chi connectivity index (χ1) is 71.7. The average Bonchev–Trinajstić information content (AvgIpc) is 1.59. The Hall–Kier alpha value is -14.7. The standard InChI is InChI=1S/C23H19ClN2O2S.C22H17Cl2N3O3S.C22H16Cl2N2O2S.2C22H18ClN3O3S/c1-14-4-3-5-18(12-14)25-23(28)21(27)20-15(2)26(19-10-11-29-22(19)20)13-16-6-8-17(24)9-7-16;1-12-19(20(28)21(29)26-15-7-8-25-18(9-15)30-2)16-10-17(24)31-22(16)27(12)11-13-3-5-14(23)6-4-13;1-13-19(20(27)21(28)25-16-5-3-2-4-6-16)17-11-18(24)29-22(17)26(13)12-14-7-9-15(23)10-8-14;1-13-19(20(27)22(28)25-16-7-9-24-18(11-16)29-2)21-17(8-10-30-21)26(13)12-14-3-5-15(23)6-4-14;1-13-19(20(27)21(28)25-16-7-9-24-18(11-16)29-2)17-8-10-30-22(17)26(13)12-14-3-5-15(23)6-4-14/h3-12H,13H2,1-2H3,(H,25,28);3-10H,11H2,1-2H3,(H,25,26,29);2-11H,12H2,1H3,(H,25,28);2*3-11H,12H2,1-2H3,(H,24,25,28). The molecule has 149 heavy (non-hydrogen) atoms. The number of anilines is 5. The first kappa shape index (κ1) is 107. The van der Waals surface area contributed by atoms with Gasteiger partial charge in [0, 0.05) is 168 Å². The minimum Gasteiger partial charge on any atom is -0.481 e. The van der Waals surface area contributed by atoms with Crippen molar-refractivity contribution in [2.45, 2.75) is 74.3 Å². The molecule has 5 amide bonds. The van der Waals surface area contributed by atoms with Gasteiger partial charge in [-0.1, -0.05) is 172 Å². The zero-order valence-corrected chi connectivity index (χ0v) is 90.0. The number of nitrogens with zero attached hydrogens (tertiary/aromatic N) is 8. The van der Waals surface area contributed by atoms with Crippen LogP contribution in [0.3, 0.4) is 0 Å². The summed E-state index contributed by atoms with van der Waals surface area (Å²) >= 11 is 49.6.